The Kier molecular flexibility index (Phi) is 5.76. The fourth-order valence-electron chi connectivity index (χ4n) is 4.75. The smallest absolute Gasteiger partial charge is 0.251 e. The fraction of sp³-hybridized carbons (Fsp3) is 0.308. The Morgan fingerprint density at radius 2 is 1.82 bits per heavy atom. The standard InChI is InChI=1S/C26H25N5O3/c27-13-19-15-28-23-9-4-18(12-22(19)23)26(34)29-14-17-11-25(33)31(16-17)21-7-5-20(6-8-21)30-10-2-1-3-24(30)32/h4-9,12,15,17,28H,1-3,10-11,14,16H2,(H,29,34). The lowest BCUT2D eigenvalue weighted by atomic mass is 10.1. The number of amides is 3. The second-order valence-electron chi connectivity index (χ2n) is 8.88. The quantitative estimate of drug-likeness (QED) is 0.615. The molecule has 2 aliphatic heterocycles. The number of nitrogens with one attached hydrogen (secondary N) is 2. The summed E-state index contributed by atoms with van der Waals surface area (Å²) >= 11 is 0. The van der Waals surface area contributed by atoms with Crippen LogP contribution >= 0.6 is 0 Å². The van der Waals surface area contributed by atoms with Crippen LogP contribution in [0.5, 0.6) is 0 Å². The molecule has 172 valence electrons. The van der Waals surface area contributed by atoms with E-state index in [4.69, 9.17) is 0 Å². The van der Waals surface area contributed by atoms with E-state index in [1.165, 1.54) is 0 Å². The van der Waals surface area contributed by atoms with Crippen LogP contribution in [0, 0.1) is 17.2 Å². The molecule has 1 unspecified atom stereocenters. The maximum absolute atomic E-state index is 12.7. The van der Waals surface area contributed by atoms with Crippen LogP contribution in [0.15, 0.2) is 48.7 Å². The van der Waals surface area contributed by atoms with Crippen molar-refractivity contribution in [2.75, 3.05) is 29.4 Å². The molecule has 2 aromatic carbocycles. The molecule has 8 heteroatoms. The van der Waals surface area contributed by atoms with E-state index in [2.05, 4.69) is 16.4 Å². The number of aromatic nitrogens is 1. The predicted octanol–water partition coefficient (Wildman–Crippen LogP) is 3.34. The highest BCUT2D eigenvalue weighted by Gasteiger charge is 2.31. The van der Waals surface area contributed by atoms with Gasteiger partial charge in [0.05, 0.1) is 5.56 Å². The van der Waals surface area contributed by atoms with Crippen molar-refractivity contribution < 1.29 is 14.4 Å². The van der Waals surface area contributed by atoms with Gasteiger partial charge in [-0.1, -0.05) is 0 Å². The van der Waals surface area contributed by atoms with Gasteiger partial charge in [0.1, 0.15) is 6.07 Å². The van der Waals surface area contributed by atoms with Crippen molar-refractivity contribution in [1.82, 2.24) is 10.3 Å². The van der Waals surface area contributed by atoms with Gasteiger partial charge in [0.2, 0.25) is 11.8 Å². The van der Waals surface area contributed by atoms with Gasteiger partial charge in [0.15, 0.2) is 0 Å². The van der Waals surface area contributed by atoms with Crippen molar-refractivity contribution in [2.24, 2.45) is 5.92 Å². The molecule has 2 fully saturated rings. The molecule has 34 heavy (non-hydrogen) atoms. The first-order valence-electron chi connectivity index (χ1n) is 11.5. The van der Waals surface area contributed by atoms with Crippen LogP contribution < -0.4 is 15.1 Å². The number of nitrogens with zero attached hydrogens (tertiary/aromatic N) is 3. The molecule has 0 bridgehead atoms. The zero-order valence-electron chi connectivity index (χ0n) is 18.7. The topological polar surface area (TPSA) is 109 Å². The number of aromatic amines is 1. The zero-order chi connectivity index (χ0) is 23.7. The molecule has 0 aliphatic carbocycles. The molecular weight excluding hydrogens is 430 g/mol. The molecule has 0 radical (unpaired) electrons. The summed E-state index contributed by atoms with van der Waals surface area (Å²) in [5.74, 6) is -0.0566. The summed E-state index contributed by atoms with van der Waals surface area (Å²) in [7, 11) is 0. The molecule has 2 saturated heterocycles. The summed E-state index contributed by atoms with van der Waals surface area (Å²) in [5.41, 5.74) is 3.45. The Labute approximate surface area is 197 Å². The highest BCUT2D eigenvalue weighted by atomic mass is 16.2. The normalized spacial score (nSPS) is 18.4. The minimum absolute atomic E-state index is 0.00505. The molecule has 0 saturated carbocycles. The Morgan fingerprint density at radius 1 is 1.06 bits per heavy atom. The van der Waals surface area contributed by atoms with Crippen molar-refractivity contribution in [3.63, 3.8) is 0 Å². The number of fused-ring (bicyclic) bond motifs is 1. The minimum atomic E-state index is -0.228. The van der Waals surface area contributed by atoms with E-state index in [-0.39, 0.29) is 23.6 Å². The lowest BCUT2D eigenvalue weighted by Gasteiger charge is -2.27. The number of anilines is 2. The molecule has 2 aliphatic rings. The van der Waals surface area contributed by atoms with E-state index >= 15 is 0 Å². The van der Waals surface area contributed by atoms with Gasteiger partial charge in [-0.3, -0.25) is 14.4 Å². The van der Waals surface area contributed by atoms with Crippen LogP contribution in [0.4, 0.5) is 11.4 Å². The Morgan fingerprint density at radius 3 is 2.56 bits per heavy atom. The third-order valence-corrected chi connectivity index (χ3v) is 6.62. The molecular formula is C26H25N5O3. The monoisotopic (exact) mass is 455 g/mol. The highest BCUT2D eigenvalue weighted by molar-refractivity contribution is 6.00. The van der Waals surface area contributed by atoms with E-state index in [0.717, 1.165) is 36.3 Å². The van der Waals surface area contributed by atoms with Crippen molar-refractivity contribution in [3.8, 4) is 6.07 Å². The van der Waals surface area contributed by atoms with E-state index in [1.807, 2.05) is 29.2 Å². The van der Waals surface area contributed by atoms with Gasteiger partial charge in [0.25, 0.3) is 5.91 Å². The average molecular weight is 456 g/mol. The Balaban J connectivity index is 1.20. The van der Waals surface area contributed by atoms with Gasteiger partial charge in [-0.05, 0) is 55.3 Å². The average Bonchev–Trinajstić information content (AvgIpc) is 3.45. The summed E-state index contributed by atoms with van der Waals surface area (Å²) in [4.78, 5) is 44.0. The number of carbonyl (C=O) groups is 3. The maximum atomic E-state index is 12.7. The van der Waals surface area contributed by atoms with Gasteiger partial charge in [-0.2, -0.15) is 5.26 Å². The molecule has 1 atom stereocenters. The predicted molar refractivity (Wildman–Crippen MR) is 128 cm³/mol. The number of hydrogen-bond donors (Lipinski definition) is 2. The molecule has 0 spiro atoms. The van der Waals surface area contributed by atoms with Gasteiger partial charge in [0, 0.05) is 72.4 Å². The van der Waals surface area contributed by atoms with Crippen molar-refractivity contribution >= 4 is 40.0 Å². The first-order chi connectivity index (χ1) is 16.5. The van der Waals surface area contributed by atoms with Crippen LogP contribution in [-0.2, 0) is 9.59 Å². The Hall–Kier alpha value is -4.12. The third-order valence-electron chi connectivity index (χ3n) is 6.62. The summed E-state index contributed by atoms with van der Waals surface area (Å²) in [6, 6.07) is 14.9. The number of hydrogen-bond acceptors (Lipinski definition) is 4. The van der Waals surface area contributed by atoms with Crippen LogP contribution in [0.25, 0.3) is 10.9 Å². The summed E-state index contributed by atoms with van der Waals surface area (Å²) in [6.07, 6.45) is 4.52. The van der Waals surface area contributed by atoms with Crippen molar-refractivity contribution in [3.05, 3.63) is 59.8 Å². The van der Waals surface area contributed by atoms with Crippen LogP contribution in [0.3, 0.4) is 0 Å². The number of benzene rings is 2. The van der Waals surface area contributed by atoms with Crippen molar-refractivity contribution in [2.45, 2.75) is 25.7 Å². The number of carbonyl (C=O) groups excluding carboxylic acids is 3. The van der Waals surface area contributed by atoms with Gasteiger partial charge < -0.3 is 20.1 Å². The molecule has 1 aromatic heterocycles. The van der Waals surface area contributed by atoms with Crippen LogP contribution in [-0.4, -0.2) is 42.3 Å². The molecule has 2 N–H and O–H groups in total. The number of nitriles is 1. The zero-order valence-corrected chi connectivity index (χ0v) is 18.7. The SMILES string of the molecule is N#Cc1c[nH]c2ccc(C(=O)NCC3CC(=O)N(c4ccc(N5CCCCC5=O)cc4)C3)cc12. The van der Waals surface area contributed by atoms with E-state index in [0.29, 0.717) is 42.4 Å². The molecule has 3 amide bonds. The maximum Gasteiger partial charge on any atom is 0.251 e. The third kappa shape index (κ3) is 4.13. The number of H-pyrrole nitrogens is 1. The molecule has 3 heterocycles. The summed E-state index contributed by atoms with van der Waals surface area (Å²) < 4.78 is 0. The number of piperidine rings is 1. The second kappa shape index (κ2) is 9.02. The van der Waals surface area contributed by atoms with E-state index in [1.54, 1.807) is 29.3 Å². The molecule has 8 nitrogen and oxygen atoms in total. The van der Waals surface area contributed by atoms with Crippen LogP contribution in [0.1, 0.15) is 41.6 Å². The lowest BCUT2D eigenvalue weighted by Crippen LogP contribution is -2.35. The van der Waals surface area contributed by atoms with Crippen LogP contribution in [0.2, 0.25) is 0 Å². The van der Waals surface area contributed by atoms with Gasteiger partial charge in [-0.15, -0.1) is 0 Å². The van der Waals surface area contributed by atoms with E-state index < -0.39 is 0 Å². The first kappa shape index (κ1) is 21.7. The highest BCUT2D eigenvalue weighted by Crippen LogP contribution is 2.28. The van der Waals surface area contributed by atoms with Gasteiger partial charge in [-0.25, -0.2) is 0 Å². The molecule has 5 rings (SSSR count). The lowest BCUT2D eigenvalue weighted by molar-refractivity contribution is -0.119. The molecule has 3 aromatic rings. The Bertz CT molecular complexity index is 1300. The fourth-order valence-corrected chi connectivity index (χ4v) is 4.75. The largest absolute Gasteiger partial charge is 0.360 e. The van der Waals surface area contributed by atoms with E-state index in [9.17, 15) is 19.6 Å². The minimum Gasteiger partial charge on any atom is -0.360 e. The summed E-state index contributed by atoms with van der Waals surface area (Å²) in [5, 5.41) is 12.9. The number of rotatable bonds is 5. The van der Waals surface area contributed by atoms with Crippen molar-refractivity contribution in [1.29, 1.82) is 5.26 Å². The second-order valence-corrected chi connectivity index (χ2v) is 8.88. The summed E-state index contributed by atoms with van der Waals surface area (Å²) in [6.45, 7) is 1.64. The first-order valence-corrected chi connectivity index (χ1v) is 11.5. The van der Waals surface area contributed by atoms with Gasteiger partial charge >= 0.3 is 0 Å².